The second-order valence-corrected chi connectivity index (χ2v) is 13.9. The number of hydrogen-bond donors (Lipinski definition) is 2. The summed E-state index contributed by atoms with van der Waals surface area (Å²) in [6, 6.07) is 65.7. The third kappa shape index (κ3) is 5.94. The highest BCUT2D eigenvalue weighted by Crippen LogP contribution is 2.43. The smallest absolute Gasteiger partial charge is 0.125 e. The zero-order valence-electron chi connectivity index (χ0n) is 27.8. The van der Waals surface area contributed by atoms with E-state index in [-0.39, 0.29) is 5.75 Å². The van der Waals surface area contributed by atoms with Gasteiger partial charge in [0, 0.05) is 31.4 Å². The zero-order valence-corrected chi connectivity index (χ0v) is 28.6. The van der Waals surface area contributed by atoms with E-state index in [0.717, 1.165) is 50.3 Å². The molecule has 0 aliphatic heterocycles. The molecule has 51 heavy (non-hydrogen) atoms. The molecule has 3 heteroatoms. The van der Waals surface area contributed by atoms with E-state index in [9.17, 15) is 5.11 Å². The van der Waals surface area contributed by atoms with E-state index in [0.29, 0.717) is 0 Å². The summed E-state index contributed by atoms with van der Waals surface area (Å²) in [6.45, 7) is 0. The Labute approximate surface area is 301 Å². The molecular formula is C48H33NOS. The van der Waals surface area contributed by atoms with Gasteiger partial charge < -0.3 is 10.4 Å². The number of phenols is 1. The SMILES string of the molecule is Oc1cccc(Nc2ccc(-c3ccc4sc5ccccc5c4c3)cc2)c1-c1ccccc1-c1cccc(-c2cccc(-c3ccccc3)c2)c1. The van der Waals surface area contributed by atoms with Crippen molar-refractivity contribution in [3.8, 4) is 61.4 Å². The van der Waals surface area contributed by atoms with Crippen LogP contribution in [-0.4, -0.2) is 5.11 Å². The number of aromatic hydroxyl groups is 1. The molecule has 0 bridgehead atoms. The van der Waals surface area contributed by atoms with Crippen LogP contribution in [0.3, 0.4) is 0 Å². The molecule has 0 spiro atoms. The van der Waals surface area contributed by atoms with Crippen molar-refractivity contribution in [2.45, 2.75) is 0 Å². The van der Waals surface area contributed by atoms with Crippen molar-refractivity contribution in [1.82, 2.24) is 0 Å². The van der Waals surface area contributed by atoms with Crippen LogP contribution in [0.2, 0.25) is 0 Å². The second-order valence-electron chi connectivity index (χ2n) is 12.8. The number of anilines is 2. The third-order valence-corrected chi connectivity index (χ3v) is 10.7. The van der Waals surface area contributed by atoms with Crippen molar-refractivity contribution in [1.29, 1.82) is 0 Å². The highest BCUT2D eigenvalue weighted by molar-refractivity contribution is 7.25. The first-order valence-corrected chi connectivity index (χ1v) is 18.0. The van der Waals surface area contributed by atoms with Crippen LogP contribution in [0.15, 0.2) is 188 Å². The van der Waals surface area contributed by atoms with Gasteiger partial charge in [-0.15, -0.1) is 11.3 Å². The molecule has 1 heterocycles. The standard InChI is InChI=1S/C48H33NOS/c50-45-21-10-20-44(49-39-26-23-33(24-27-39)37-25-28-47-43(31-37)41-18-6-7-22-46(41)51-47)48(45)42-19-5-4-17-40(42)38-16-9-15-36(30-38)35-14-8-13-34(29-35)32-11-2-1-3-12-32/h1-31,49-50H. The Morgan fingerprint density at radius 3 is 1.73 bits per heavy atom. The Balaban J connectivity index is 1.04. The van der Waals surface area contributed by atoms with Crippen LogP contribution in [-0.2, 0) is 0 Å². The predicted octanol–water partition coefficient (Wildman–Crippen LogP) is 13.8. The number of phenolic OH excluding ortho intramolecular Hbond substituents is 1. The summed E-state index contributed by atoms with van der Waals surface area (Å²) in [5.74, 6) is 0.229. The fraction of sp³-hybridized carbons (Fsp3) is 0. The molecule has 0 saturated carbocycles. The molecule has 2 N–H and O–H groups in total. The minimum absolute atomic E-state index is 0.229. The lowest BCUT2D eigenvalue weighted by Gasteiger charge is -2.18. The molecule has 9 aromatic rings. The minimum Gasteiger partial charge on any atom is -0.507 e. The van der Waals surface area contributed by atoms with Crippen molar-refractivity contribution < 1.29 is 5.11 Å². The molecule has 0 fully saturated rings. The van der Waals surface area contributed by atoms with E-state index in [4.69, 9.17) is 0 Å². The van der Waals surface area contributed by atoms with Crippen molar-refractivity contribution >= 4 is 42.9 Å². The van der Waals surface area contributed by atoms with Gasteiger partial charge in [0.05, 0.1) is 5.69 Å². The first kappa shape index (κ1) is 30.6. The van der Waals surface area contributed by atoms with Crippen LogP contribution in [0.25, 0.3) is 75.8 Å². The number of nitrogens with one attached hydrogen (secondary N) is 1. The molecule has 0 saturated heterocycles. The molecule has 0 amide bonds. The van der Waals surface area contributed by atoms with E-state index in [1.807, 2.05) is 35.6 Å². The Hall–Kier alpha value is -6.42. The van der Waals surface area contributed by atoms with Crippen LogP contribution in [0.5, 0.6) is 5.75 Å². The Morgan fingerprint density at radius 1 is 0.373 bits per heavy atom. The minimum atomic E-state index is 0.229. The summed E-state index contributed by atoms with van der Waals surface area (Å²) in [5.41, 5.74) is 12.7. The van der Waals surface area contributed by atoms with Crippen molar-refractivity contribution in [3.05, 3.63) is 188 Å². The van der Waals surface area contributed by atoms with E-state index in [1.54, 1.807) is 6.07 Å². The Morgan fingerprint density at radius 2 is 0.922 bits per heavy atom. The molecule has 0 atom stereocenters. The van der Waals surface area contributed by atoms with Gasteiger partial charge in [-0.05, 0) is 105 Å². The van der Waals surface area contributed by atoms with Gasteiger partial charge in [-0.2, -0.15) is 0 Å². The maximum Gasteiger partial charge on any atom is 0.125 e. The summed E-state index contributed by atoms with van der Waals surface area (Å²) in [7, 11) is 0. The number of thiophene rings is 1. The highest BCUT2D eigenvalue weighted by Gasteiger charge is 2.16. The molecule has 9 rings (SSSR count). The summed E-state index contributed by atoms with van der Waals surface area (Å²) in [4.78, 5) is 0. The Bertz CT molecular complexity index is 2670. The number of benzene rings is 8. The van der Waals surface area contributed by atoms with Crippen molar-refractivity contribution in [2.24, 2.45) is 0 Å². The number of hydrogen-bond acceptors (Lipinski definition) is 3. The summed E-state index contributed by atoms with van der Waals surface area (Å²) >= 11 is 1.84. The van der Waals surface area contributed by atoms with Gasteiger partial charge in [-0.1, -0.05) is 133 Å². The average molecular weight is 672 g/mol. The van der Waals surface area contributed by atoms with Gasteiger partial charge in [-0.25, -0.2) is 0 Å². The van der Waals surface area contributed by atoms with Gasteiger partial charge in [-0.3, -0.25) is 0 Å². The quantitative estimate of drug-likeness (QED) is 0.177. The fourth-order valence-corrected chi connectivity index (χ4v) is 8.15. The molecule has 0 aliphatic rings. The fourth-order valence-electron chi connectivity index (χ4n) is 7.06. The van der Waals surface area contributed by atoms with Crippen molar-refractivity contribution in [2.75, 3.05) is 5.32 Å². The molecular weight excluding hydrogens is 639 g/mol. The van der Waals surface area contributed by atoms with Crippen LogP contribution in [0.1, 0.15) is 0 Å². The van der Waals surface area contributed by atoms with E-state index < -0.39 is 0 Å². The summed E-state index contributed by atoms with van der Waals surface area (Å²) < 4.78 is 2.62. The van der Waals surface area contributed by atoms with Gasteiger partial charge >= 0.3 is 0 Å². The third-order valence-electron chi connectivity index (χ3n) is 9.59. The van der Waals surface area contributed by atoms with Gasteiger partial charge in [0.15, 0.2) is 0 Å². The zero-order chi connectivity index (χ0) is 34.1. The van der Waals surface area contributed by atoms with Crippen LogP contribution >= 0.6 is 11.3 Å². The number of fused-ring (bicyclic) bond motifs is 3. The lowest BCUT2D eigenvalue weighted by atomic mass is 9.91. The molecule has 0 aliphatic carbocycles. The summed E-state index contributed by atoms with van der Waals surface area (Å²) in [5, 5.41) is 17.6. The predicted molar refractivity (Wildman–Crippen MR) is 218 cm³/mol. The van der Waals surface area contributed by atoms with Crippen LogP contribution in [0.4, 0.5) is 11.4 Å². The molecule has 0 unspecified atom stereocenters. The van der Waals surface area contributed by atoms with Gasteiger partial charge in [0.25, 0.3) is 0 Å². The van der Waals surface area contributed by atoms with Crippen molar-refractivity contribution in [3.63, 3.8) is 0 Å². The second kappa shape index (κ2) is 13.1. The molecule has 242 valence electrons. The Kier molecular flexibility index (Phi) is 7.88. The topological polar surface area (TPSA) is 32.3 Å². The van der Waals surface area contributed by atoms with Gasteiger partial charge in [0.1, 0.15) is 5.75 Å². The van der Waals surface area contributed by atoms with Crippen LogP contribution in [0, 0.1) is 0 Å². The largest absolute Gasteiger partial charge is 0.507 e. The molecule has 8 aromatic carbocycles. The van der Waals surface area contributed by atoms with E-state index in [1.165, 1.54) is 36.9 Å². The monoisotopic (exact) mass is 671 g/mol. The molecule has 0 radical (unpaired) electrons. The lowest BCUT2D eigenvalue weighted by molar-refractivity contribution is 0.477. The van der Waals surface area contributed by atoms with Crippen LogP contribution < -0.4 is 5.32 Å². The first-order valence-electron chi connectivity index (χ1n) is 17.1. The van der Waals surface area contributed by atoms with E-state index >= 15 is 0 Å². The number of rotatable bonds is 7. The molecule has 1 aromatic heterocycles. The van der Waals surface area contributed by atoms with Gasteiger partial charge in [0.2, 0.25) is 0 Å². The normalized spacial score (nSPS) is 11.2. The molecule has 2 nitrogen and oxygen atoms in total. The lowest BCUT2D eigenvalue weighted by Crippen LogP contribution is -1.95. The highest BCUT2D eigenvalue weighted by atomic mass is 32.1. The van der Waals surface area contributed by atoms with E-state index in [2.05, 4.69) is 163 Å². The summed E-state index contributed by atoms with van der Waals surface area (Å²) in [6.07, 6.45) is 0. The first-order chi connectivity index (χ1) is 25.2. The maximum absolute atomic E-state index is 11.4. The maximum atomic E-state index is 11.4. The average Bonchev–Trinajstić information content (AvgIpc) is 3.57.